The lowest BCUT2D eigenvalue weighted by Gasteiger charge is -2.37. The van der Waals surface area contributed by atoms with Crippen LogP contribution in [0.5, 0.6) is 5.75 Å². The SMILES string of the molecule is Cc1ccc2c(c1)[C@H]1C(=CC2)[C@H]2C[C@@H]1c1c(OC(F)F)cccc1SC2C(C)(C)O. The highest BCUT2D eigenvalue weighted by atomic mass is 32.2. The number of hydrogen-bond acceptors (Lipinski definition) is 3. The van der Waals surface area contributed by atoms with Crippen LogP contribution in [0.15, 0.2) is 52.9 Å². The average molecular weight is 429 g/mol. The zero-order valence-corrected chi connectivity index (χ0v) is 18.2. The molecule has 0 spiro atoms. The third-order valence-electron chi connectivity index (χ3n) is 6.82. The fourth-order valence-electron chi connectivity index (χ4n) is 5.73. The summed E-state index contributed by atoms with van der Waals surface area (Å²) in [5, 5.41) is 11.0. The van der Waals surface area contributed by atoms with E-state index in [9.17, 15) is 13.9 Å². The summed E-state index contributed by atoms with van der Waals surface area (Å²) in [6, 6.07) is 12.0. The number of hydrogen-bond donors (Lipinski definition) is 1. The van der Waals surface area contributed by atoms with Crippen LogP contribution in [0.3, 0.4) is 0 Å². The first-order valence-electron chi connectivity index (χ1n) is 10.5. The maximum Gasteiger partial charge on any atom is 0.387 e. The number of benzene rings is 2. The number of halogens is 2. The lowest BCUT2D eigenvalue weighted by molar-refractivity contribution is -0.0508. The van der Waals surface area contributed by atoms with Gasteiger partial charge in [0.05, 0.1) is 5.60 Å². The van der Waals surface area contributed by atoms with Gasteiger partial charge >= 0.3 is 6.61 Å². The molecule has 0 radical (unpaired) electrons. The molecule has 4 atom stereocenters. The predicted molar refractivity (Wildman–Crippen MR) is 116 cm³/mol. The molecule has 2 aliphatic carbocycles. The third-order valence-corrected chi connectivity index (χ3v) is 8.59. The first-order chi connectivity index (χ1) is 14.2. The molecular weight excluding hydrogens is 402 g/mol. The summed E-state index contributed by atoms with van der Waals surface area (Å²) >= 11 is 1.61. The zero-order chi connectivity index (χ0) is 21.2. The van der Waals surface area contributed by atoms with Crippen molar-refractivity contribution in [3.63, 3.8) is 0 Å². The molecule has 0 saturated heterocycles. The summed E-state index contributed by atoms with van der Waals surface area (Å²) in [4.78, 5) is 0.951. The van der Waals surface area contributed by atoms with Crippen molar-refractivity contribution in [3.8, 4) is 5.75 Å². The Morgan fingerprint density at radius 2 is 1.97 bits per heavy atom. The molecule has 1 saturated carbocycles. The van der Waals surface area contributed by atoms with E-state index in [1.54, 1.807) is 23.9 Å². The van der Waals surface area contributed by atoms with Crippen LogP contribution in [0, 0.1) is 12.8 Å². The monoisotopic (exact) mass is 428 g/mol. The number of aliphatic hydroxyl groups is 1. The summed E-state index contributed by atoms with van der Waals surface area (Å²) in [5.74, 6) is 0.680. The van der Waals surface area contributed by atoms with Gasteiger partial charge in [-0.25, -0.2) is 0 Å². The minimum atomic E-state index is -2.86. The second kappa shape index (κ2) is 7.10. The summed E-state index contributed by atoms with van der Waals surface area (Å²) in [6.07, 6.45) is 4.05. The molecule has 158 valence electrons. The first kappa shape index (κ1) is 20.1. The van der Waals surface area contributed by atoms with Crippen molar-refractivity contribution in [1.29, 1.82) is 0 Å². The Morgan fingerprint density at radius 3 is 2.70 bits per heavy atom. The van der Waals surface area contributed by atoms with Crippen molar-refractivity contribution in [1.82, 2.24) is 0 Å². The van der Waals surface area contributed by atoms with Crippen molar-refractivity contribution in [2.45, 2.75) is 67.8 Å². The molecule has 5 rings (SSSR count). The maximum absolute atomic E-state index is 13.2. The van der Waals surface area contributed by atoms with Gasteiger partial charge in [-0.2, -0.15) is 8.78 Å². The highest BCUT2D eigenvalue weighted by Gasteiger charge is 2.52. The van der Waals surface area contributed by atoms with Gasteiger partial charge in [-0.15, -0.1) is 11.8 Å². The molecule has 1 heterocycles. The van der Waals surface area contributed by atoms with Crippen LogP contribution < -0.4 is 4.74 Å². The van der Waals surface area contributed by atoms with E-state index in [0.717, 1.165) is 23.3 Å². The number of aryl methyl sites for hydroxylation is 1. The van der Waals surface area contributed by atoms with E-state index in [4.69, 9.17) is 4.74 Å². The van der Waals surface area contributed by atoms with Crippen molar-refractivity contribution in [2.75, 3.05) is 0 Å². The van der Waals surface area contributed by atoms with Crippen LogP contribution in [0.2, 0.25) is 0 Å². The van der Waals surface area contributed by atoms with E-state index in [0.29, 0.717) is 0 Å². The number of alkyl halides is 2. The van der Waals surface area contributed by atoms with Gasteiger partial charge in [-0.05, 0) is 68.7 Å². The van der Waals surface area contributed by atoms with Crippen molar-refractivity contribution < 1.29 is 18.6 Å². The van der Waals surface area contributed by atoms with E-state index in [1.165, 1.54) is 22.3 Å². The molecule has 5 heteroatoms. The molecule has 2 aromatic carbocycles. The van der Waals surface area contributed by atoms with Gasteiger partial charge in [-0.3, -0.25) is 0 Å². The molecule has 1 N–H and O–H groups in total. The summed E-state index contributed by atoms with van der Waals surface area (Å²) in [7, 11) is 0. The fourth-order valence-corrected chi connectivity index (χ4v) is 7.26. The van der Waals surface area contributed by atoms with Crippen LogP contribution in [-0.4, -0.2) is 22.6 Å². The Morgan fingerprint density at radius 1 is 1.17 bits per heavy atom. The second-order valence-corrected chi connectivity index (χ2v) is 10.5. The highest BCUT2D eigenvalue weighted by molar-refractivity contribution is 8.00. The van der Waals surface area contributed by atoms with Gasteiger partial charge in [0.25, 0.3) is 0 Å². The van der Waals surface area contributed by atoms with E-state index in [-0.39, 0.29) is 28.8 Å². The molecule has 2 nitrogen and oxygen atoms in total. The Balaban J connectivity index is 1.73. The van der Waals surface area contributed by atoms with Crippen LogP contribution in [-0.2, 0) is 6.42 Å². The third kappa shape index (κ3) is 3.18. The first-order valence-corrected chi connectivity index (χ1v) is 11.4. The van der Waals surface area contributed by atoms with Gasteiger partial charge in [-0.1, -0.05) is 41.5 Å². The van der Waals surface area contributed by atoms with E-state index in [1.807, 2.05) is 19.9 Å². The maximum atomic E-state index is 13.2. The van der Waals surface area contributed by atoms with Crippen LogP contribution in [0.4, 0.5) is 8.78 Å². The Bertz CT molecular complexity index is 1020. The van der Waals surface area contributed by atoms with Crippen molar-refractivity contribution >= 4 is 11.8 Å². The lowest BCUT2D eigenvalue weighted by Crippen LogP contribution is -2.39. The van der Waals surface area contributed by atoms with E-state index < -0.39 is 12.2 Å². The largest absolute Gasteiger partial charge is 0.434 e. The van der Waals surface area contributed by atoms with Gasteiger partial charge in [0.2, 0.25) is 0 Å². The van der Waals surface area contributed by atoms with E-state index in [2.05, 4.69) is 31.2 Å². The number of rotatable bonds is 3. The molecule has 30 heavy (non-hydrogen) atoms. The molecule has 1 aliphatic heterocycles. The van der Waals surface area contributed by atoms with E-state index >= 15 is 0 Å². The normalized spacial score (nSPS) is 27.1. The predicted octanol–water partition coefficient (Wildman–Crippen LogP) is 6.21. The number of fused-ring (bicyclic) bond motifs is 9. The van der Waals surface area contributed by atoms with Crippen LogP contribution >= 0.6 is 11.8 Å². The summed E-state index contributed by atoms with van der Waals surface area (Å²) < 4.78 is 31.5. The highest BCUT2D eigenvalue weighted by Crippen LogP contribution is 2.63. The van der Waals surface area contributed by atoms with Gasteiger partial charge in [0.15, 0.2) is 0 Å². The lowest BCUT2D eigenvalue weighted by atomic mass is 9.75. The van der Waals surface area contributed by atoms with Gasteiger partial charge < -0.3 is 9.84 Å². The van der Waals surface area contributed by atoms with Crippen molar-refractivity contribution in [2.24, 2.45) is 5.92 Å². The standard InChI is InChI=1S/C25H26F2O2S/c1-13-7-8-14-9-10-15-17-12-18(21(15)16(14)11-13)22-19(29-24(26)27)5-4-6-20(22)30-23(17)25(2,3)28/h4-8,10-11,17-18,21,23-24,28H,9,12H2,1-3H3/t17-,18+,21-,23?/m1/s1. The van der Waals surface area contributed by atoms with Crippen molar-refractivity contribution in [3.05, 3.63) is 70.3 Å². The summed E-state index contributed by atoms with van der Waals surface area (Å²) in [6.45, 7) is 2.96. The molecule has 2 bridgehead atoms. The van der Waals surface area contributed by atoms with Gasteiger partial charge in [0.1, 0.15) is 5.75 Å². The second-order valence-electron chi connectivity index (χ2n) is 9.28. The van der Waals surface area contributed by atoms with Gasteiger partial charge in [0, 0.05) is 21.6 Å². The molecule has 0 amide bonds. The molecule has 3 aliphatic rings. The molecular formula is C25H26F2O2S. The Hall–Kier alpha value is -1.85. The van der Waals surface area contributed by atoms with Crippen LogP contribution in [0.1, 0.15) is 54.4 Å². The van der Waals surface area contributed by atoms with Crippen LogP contribution in [0.25, 0.3) is 0 Å². The topological polar surface area (TPSA) is 29.5 Å². The Kier molecular flexibility index (Phi) is 4.75. The fraction of sp³-hybridized carbons (Fsp3) is 0.440. The average Bonchev–Trinajstić information content (AvgIpc) is 2.93. The molecule has 2 aromatic rings. The number of allylic oxidation sites excluding steroid dienone is 2. The quantitative estimate of drug-likeness (QED) is 0.589. The molecule has 1 fully saturated rings. The molecule has 1 unspecified atom stereocenters. The molecule has 0 aromatic heterocycles. The Labute approximate surface area is 180 Å². The smallest absolute Gasteiger partial charge is 0.387 e. The number of thioether (sulfide) groups is 1. The number of ether oxygens (including phenoxy) is 1. The summed E-state index contributed by atoms with van der Waals surface area (Å²) in [5.41, 5.74) is 5.16. The zero-order valence-electron chi connectivity index (χ0n) is 17.4. The minimum absolute atomic E-state index is 0.0503. The minimum Gasteiger partial charge on any atom is -0.434 e.